The van der Waals surface area contributed by atoms with Crippen LogP contribution in [-0.4, -0.2) is 49.1 Å². The van der Waals surface area contributed by atoms with Crippen LogP contribution < -0.4 is 5.32 Å². The molecule has 15 heavy (non-hydrogen) atoms. The topological polar surface area (TPSA) is 15.3 Å². The van der Waals surface area contributed by atoms with Gasteiger partial charge >= 0.3 is 0 Å². The highest BCUT2D eigenvalue weighted by Crippen LogP contribution is 2.19. The first-order chi connectivity index (χ1) is 7.15. The molecule has 0 saturated heterocycles. The maximum atomic E-state index is 3.65. The minimum absolute atomic E-state index is 0.692. The van der Waals surface area contributed by atoms with E-state index in [9.17, 15) is 0 Å². The van der Waals surface area contributed by atoms with Crippen LogP contribution in [0.4, 0.5) is 0 Å². The van der Waals surface area contributed by atoms with Crippen molar-refractivity contribution in [3.8, 4) is 0 Å². The lowest BCUT2D eigenvalue weighted by molar-refractivity contribution is 0.197. The Labute approximate surface area is 99.2 Å². The summed E-state index contributed by atoms with van der Waals surface area (Å²) in [5, 5.41) is 3.65. The summed E-state index contributed by atoms with van der Waals surface area (Å²) >= 11 is 1.93. The predicted octanol–water partition coefficient (Wildman–Crippen LogP) is 2.06. The lowest BCUT2D eigenvalue weighted by Gasteiger charge is -2.31. The van der Waals surface area contributed by atoms with Crippen LogP contribution in [0.3, 0.4) is 0 Å². The van der Waals surface area contributed by atoms with Gasteiger partial charge in [-0.3, -0.25) is 0 Å². The molecule has 0 aliphatic heterocycles. The van der Waals surface area contributed by atoms with Gasteiger partial charge in [-0.25, -0.2) is 0 Å². The first kappa shape index (κ1) is 13.3. The number of likely N-dealkylation sites (N-methyl/N-ethyl adjacent to an activating group) is 1. The van der Waals surface area contributed by atoms with Crippen molar-refractivity contribution in [1.29, 1.82) is 0 Å². The van der Waals surface area contributed by atoms with Gasteiger partial charge < -0.3 is 10.2 Å². The Morgan fingerprint density at radius 3 is 2.53 bits per heavy atom. The number of hydrogen-bond acceptors (Lipinski definition) is 3. The highest BCUT2D eigenvalue weighted by molar-refractivity contribution is 7.98. The molecule has 0 aromatic heterocycles. The summed E-state index contributed by atoms with van der Waals surface area (Å²) in [6.07, 6.45) is 4.96. The second-order valence-corrected chi connectivity index (χ2v) is 5.95. The van der Waals surface area contributed by atoms with Crippen LogP contribution in [0.1, 0.15) is 26.7 Å². The van der Waals surface area contributed by atoms with Gasteiger partial charge in [0.15, 0.2) is 0 Å². The van der Waals surface area contributed by atoms with Gasteiger partial charge in [0, 0.05) is 30.9 Å². The molecule has 0 heterocycles. The summed E-state index contributed by atoms with van der Waals surface area (Å²) in [5.74, 6) is 1.98. The first-order valence-electron chi connectivity index (χ1n) is 6.07. The summed E-state index contributed by atoms with van der Waals surface area (Å²) in [4.78, 5) is 2.51. The van der Waals surface area contributed by atoms with Gasteiger partial charge in [0.05, 0.1) is 0 Å². The minimum Gasteiger partial charge on any atom is -0.312 e. The maximum absolute atomic E-state index is 3.65. The van der Waals surface area contributed by atoms with E-state index in [0.29, 0.717) is 6.04 Å². The highest BCUT2D eigenvalue weighted by Gasteiger charge is 2.24. The van der Waals surface area contributed by atoms with Gasteiger partial charge in [-0.1, -0.05) is 13.8 Å². The Balaban J connectivity index is 2.26. The molecule has 0 spiro atoms. The maximum Gasteiger partial charge on any atom is 0.0240 e. The van der Waals surface area contributed by atoms with Crippen LogP contribution in [0.5, 0.6) is 0 Å². The molecular weight excluding hydrogens is 204 g/mol. The fraction of sp³-hybridized carbons (Fsp3) is 1.00. The van der Waals surface area contributed by atoms with E-state index in [2.05, 4.69) is 37.4 Å². The number of nitrogens with one attached hydrogen (secondary N) is 1. The third-order valence-corrected chi connectivity index (χ3v) is 3.77. The van der Waals surface area contributed by atoms with E-state index < -0.39 is 0 Å². The molecule has 3 heteroatoms. The monoisotopic (exact) mass is 230 g/mol. The number of rotatable bonds is 8. The standard InChI is InChI=1S/C12H26N2S/c1-10(2)12(9-13-11-5-6-11)14(3)7-8-15-4/h10-13H,5-9H2,1-4H3. The van der Waals surface area contributed by atoms with Crippen LogP contribution in [-0.2, 0) is 0 Å². The molecule has 1 saturated carbocycles. The average Bonchev–Trinajstić information content (AvgIpc) is 2.98. The molecule has 1 rings (SSSR count). The van der Waals surface area contributed by atoms with E-state index >= 15 is 0 Å². The summed E-state index contributed by atoms with van der Waals surface area (Å²) in [7, 11) is 2.26. The molecule has 1 atom stereocenters. The third-order valence-electron chi connectivity index (χ3n) is 3.18. The Morgan fingerprint density at radius 2 is 2.07 bits per heavy atom. The van der Waals surface area contributed by atoms with Crippen molar-refractivity contribution in [3.05, 3.63) is 0 Å². The smallest absolute Gasteiger partial charge is 0.0240 e. The Kier molecular flexibility index (Phi) is 6.02. The van der Waals surface area contributed by atoms with Crippen molar-refractivity contribution < 1.29 is 0 Å². The van der Waals surface area contributed by atoms with Crippen molar-refractivity contribution in [1.82, 2.24) is 10.2 Å². The molecule has 0 aromatic rings. The summed E-state index contributed by atoms with van der Waals surface area (Å²) < 4.78 is 0. The predicted molar refractivity (Wildman–Crippen MR) is 70.7 cm³/mol. The zero-order chi connectivity index (χ0) is 11.3. The second-order valence-electron chi connectivity index (χ2n) is 4.97. The van der Waals surface area contributed by atoms with Gasteiger partial charge in [0.25, 0.3) is 0 Å². The van der Waals surface area contributed by atoms with Gasteiger partial charge in [0.1, 0.15) is 0 Å². The Hall–Kier alpha value is 0.270. The molecule has 1 unspecified atom stereocenters. The Bertz CT molecular complexity index is 169. The molecule has 2 nitrogen and oxygen atoms in total. The normalized spacial score (nSPS) is 18.8. The third kappa shape index (κ3) is 5.23. The lowest BCUT2D eigenvalue weighted by atomic mass is 10.0. The molecule has 90 valence electrons. The zero-order valence-corrected chi connectivity index (χ0v) is 11.4. The van der Waals surface area contributed by atoms with Crippen molar-refractivity contribution in [2.24, 2.45) is 5.92 Å². The van der Waals surface area contributed by atoms with E-state index in [0.717, 1.165) is 18.5 Å². The number of thioether (sulfide) groups is 1. The molecular formula is C12H26N2S. The van der Waals surface area contributed by atoms with Gasteiger partial charge in [-0.05, 0) is 32.1 Å². The molecule has 0 amide bonds. The van der Waals surface area contributed by atoms with Crippen LogP contribution in [0.25, 0.3) is 0 Å². The van der Waals surface area contributed by atoms with Crippen LogP contribution in [0.2, 0.25) is 0 Å². The highest BCUT2D eigenvalue weighted by atomic mass is 32.2. The molecule has 0 aromatic carbocycles. The lowest BCUT2D eigenvalue weighted by Crippen LogP contribution is -2.44. The second kappa shape index (κ2) is 6.77. The van der Waals surface area contributed by atoms with Crippen molar-refractivity contribution >= 4 is 11.8 Å². The first-order valence-corrected chi connectivity index (χ1v) is 7.47. The van der Waals surface area contributed by atoms with E-state index in [1.165, 1.54) is 25.1 Å². The number of hydrogen-bond donors (Lipinski definition) is 1. The van der Waals surface area contributed by atoms with Gasteiger partial charge in [0.2, 0.25) is 0 Å². The van der Waals surface area contributed by atoms with E-state index in [1.807, 2.05) is 11.8 Å². The quantitative estimate of drug-likeness (QED) is 0.687. The Morgan fingerprint density at radius 1 is 1.40 bits per heavy atom. The minimum atomic E-state index is 0.692. The molecule has 1 N–H and O–H groups in total. The molecule has 0 radical (unpaired) electrons. The van der Waals surface area contributed by atoms with Crippen LogP contribution in [0, 0.1) is 5.92 Å². The van der Waals surface area contributed by atoms with Gasteiger partial charge in [-0.15, -0.1) is 0 Å². The SMILES string of the molecule is CSCCN(C)C(CNC1CC1)C(C)C. The van der Waals surface area contributed by atoms with Crippen molar-refractivity contribution in [2.75, 3.05) is 32.1 Å². The fourth-order valence-electron chi connectivity index (χ4n) is 1.88. The van der Waals surface area contributed by atoms with Crippen LogP contribution >= 0.6 is 11.8 Å². The van der Waals surface area contributed by atoms with E-state index in [-0.39, 0.29) is 0 Å². The largest absolute Gasteiger partial charge is 0.312 e. The van der Waals surface area contributed by atoms with E-state index in [1.54, 1.807) is 0 Å². The summed E-state index contributed by atoms with van der Waals surface area (Å²) in [6, 6.07) is 1.53. The van der Waals surface area contributed by atoms with E-state index in [4.69, 9.17) is 0 Å². The molecule has 0 bridgehead atoms. The molecule has 1 aliphatic carbocycles. The van der Waals surface area contributed by atoms with Crippen molar-refractivity contribution in [3.63, 3.8) is 0 Å². The zero-order valence-electron chi connectivity index (χ0n) is 10.6. The number of nitrogens with zero attached hydrogens (tertiary/aromatic N) is 1. The summed E-state index contributed by atoms with van der Waals surface area (Å²) in [6.45, 7) is 7.02. The summed E-state index contributed by atoms with van der Waals surface area (Å²) in [5.41, 5.74) is 0. The average molecular weight is 230 g/mol. The van der Waals surface area contributed by atoms with Crippen molar-refractivity contribution in [2.45, 2.75) is 38.8 Å². The molecule has 1 fully saturated rings. The fourth-order valence-corrected chi connectivity index (χ4v) is 2.35. The van der Waals surface area contributed by atoms with Crippen LogP contribution in [0.15, 0.2) is 0 Å². The molecule has 1 aliphatic rings. The van der Waals surface area contributed by atoms with Gasteiger partial charge in [-0.2, -0.15) is 11.8 Å².